The molecule has 0 aliphatic heterocycles. The summed E-state index contributed by atoms with van der Waals surface area (Å²) in [6.45, 7) is -4.22. The van der Waals surface area contributed by atoms with Gasteiger partial charge in [-0.15, -0.1) is 0 Å². The van der Waals surface area contributed by atoms with E-state index in [0.717, 1.165) is 12.1 Å². The van der Waals surface area contributed by atoms with E-state index >= 15 is 0 Å². The molecule has 1 amide bonds. The van der Waals surface area contributed by atoms with E-state index < -0.39 is 36.8 Å². The van der Waals surface area contributed by atoms with Crippen molar-refractivity contribution in [3.05, 3.63) is 35.8 Å². The Bertz CT molecular complexity index is 898. The summed E-state index contributed by atoms with van der Waals surface area (Å²) in [5, 5.41) is 5.50. The lowest BCUT2D eigenvalue weighted by Crippen LogP contribution is -2.44. The van der Waals surface area contributed by atoms with Crippen LogP contribution >= 0.6 is 0 Å². The first-order chi connectivity index (χ1) is 14.1. The molecule has 0 spiro atoms. The highest BCUT2D eigenvalue weighted by Crippen LogP contribution is 2.26. The molecule has 0 atom stereocenters. The Kier molecular flexibility index (Phi) is 6.69. The van der Waals surface area contributed by atoms with Gasteiger partial charge in [-0.25, -0.2) is 4.39 Å². The van der Waals surface area contributed by atoms with E-state index in [1.54, 1.807) is 0 Å². The van der Waals surface area contributed by atoms with E-state index in [4.69, 9.17) is 0 Å². The quantitative estimate of drug-likeness (QED) is 0.669. The summed E-state index contributed by atoms with van der Waals surface area (Å²) < 4.78 is 79.4. The summed E-state index contributed by atoms with van der Waals surface area (Å²) in [6, 6.07) is 2.90. The fraction of sp³-hybridized carbons (Fsp3) is 0.474. The summed E-state index contributed by atoms with van der Waals surface area (Å²) in [5.41, 5.74) is 0.335. The fourth-order valence-corrected chi connectivity index (χ4v) is 3.41. The Hall–Kier alpha value is -2.56. The lowest BCUT2D eigenvalue weighted by molar-refractivity contribution is -0.126. The van der Waals surface area contributed by atoms with Crippen molar-refractivity contribution in [2.24, 2.45) is 0 Å². The standard InChI is InChI=1S/C19H19F6N3O2/c20-14-6-10-5-11(8-26-15(10)7-16(14)30-18(21)22)17(29)28-13-3-1-12(2-4-13)27-9-19(23,24)25/h5-8,12-13,18,27H,1-4,9H2,(H,28,29). The normalized spacial score (nSPS) is 19.8. The van der Waals surface area contributed by atoms with Crippen LogP contribution in [-0.2, 0) is 0 Å². The molecule has 1 aliphatic rings. The van der Waals surface area contributed by atoms with Gasteiger partial charge in [0.15, 0.2) is 11.6 Å². The molecule has 0 radical (unpaired) electrons. The number of aromatic nitrogens is 1. The van der Waals surface area contributed by atoms with Crippen LogP contribution in [0, 0.1) is 5.82 Å². The van der Waals surface area contributed by atoms with Gasteiger partial charge in [0.25, 0.3) is 5.91 Å². The highest BCUT2D eigenvalue weighted by atomic mass is 19.4. The van der Waals surface area contributed by atoms with Crippen LogP contribution in [0.5, 0.6) is 5.75 Å². The van der Waals surface area contributed by atoms with Crippen molar-refractivity contribution < 1.29 is 35.9 Å². The Morgan fingerprint density at radius 1 is 1.13 bits per heavy atom. The van der Waals surface area contributed by atoms with E-state index in [1.165, 1.54) is 12.3 Å². The predicted octanol–water partition coefficient (Wildman–Crippen LogP) is 4.17. The number of nitrogens with one attached hydrogen (secondary N) is 2. The summed E-state index contributed by atoms with van der Waals surface area (Å²) in [7, 11) is 0. The van der Waals surface area contributed by atoms with Crippen LogP contribution in [0.2, 0.25) is 0 Å². The molecule has 0 bridgehead atoms. The first-order valence-corrected chi connectivity index (χ1v) is 9.26. The van der Waals surface area contributed by atoms with E-state index in [1.807, 2.05) is 0 Å². The number of halogens is 6. The number of pyridine rings is 1. The monoisotopic (exact) mass is 435 g/mol. The Morgan fingerprint density at radius 2 is 1.80 bits per heavy atom. The maximum absolute atomic E-state index is 13.9. The third-order valence-electron chi connectivity index (χ3n) is 4.87. The number of hydrogen-bond acceptors (Lipinski definition) is 4. The molecule has 3 rings (SSSR count). The molecule has 2 N–H and O–H groups in total. The van der Waals surface area contributed by atoms with Crippen LogP contribution < -0.4 is 15.4 Å². The number of nitrogens with zero attached hydrogens (tertiary/aromatic N) is 1. The minimum absolute atomic E-state index is 0.154. The number of hydrogen-bond donors (Lipinski definition) is 2. The minimum atomic E-state index is -4.26. The van der Waals surface area contributed by atoms with Gasteiger partial charge in [-0.2, -0.15) is 22.0 Å². The zero-order valence-electron chi connectivity index (χ0n) is 15.6. The largest absolute Gasteiger partial charge is 0.432 e. The number of ether oxygens (including phenoxy) is 1. The van der Waals surface area contributed by atoms with Crippen LogP contribution in [0.15, 0.2) is 24.4 Å². The Labute approximate surface area is 167 Å². The van der Waals surface area contributed by atoms with Crippen molar-refractivity contribution >= 4 is 16.8 Å². The van der Waals surface area contributed by atoms with E-state index in [-0.39, 0.29) is 28.6 Å². The second-order valence-electron chi connectivity index (χ2n) is 7.10. The van der Waals surface area contributed by atoms with Crippen molar-refractivity contribution in [1.82, 2.24) is 15.6 Å². The molecule has 0 saturated heterocycles. The Balaban J connectivity index is 1.59. The van der Waals surface area contributed by atoms with Gasteiger partial charge in [-0.3, -0.25) is 9.78 Å². The molecule has 1 fully saturated rings. The number of carbonyl (C=O) groups is 1. The second kappa shape index (κ2) is 9.07. The summed E-state index contributed by atoms with van der Waals surface area (Å²) >= 11 is 0. The van der Waals surface area contributed by atoms with Gasteiger partial charge in [0.2, 0.25) is 0 Å². The van der Waals surface area contributed by atoms with Gasteiger partial charge in [-0.1, -0.05) is 0 Å². The second-order valence-corrected chi connectivity index (χ2v) is 7.10. The number of rotatable bonds is 6. The van der Waals surface area contributed by atoms with Gasteiger partial charge in [-0.05, 0) is 37.8 Å². The molecule has 1 aromatic carbocycles. The van der Waals surface area contributed by atoms with Crippen LogP contribution in [0.25, 0.3) is 10.9 Å². The number of benzene rings is 1. The maximum Gasteiger partial charge on any atom is 0.401 e. The van der Waals surface area contributed by atoms with Crippen LogP contribution in [-0.4, -0.2) is 42.3 Å². The van der Waals surface area contributed by atoms with Crippen LogP contribution in [0.1, 0.15) is 36.0 Å². The zero-order valence-corrected chi connectivity index (χ0v) is 15.6. The summed E-state index contributed by atoms with van der Waals surface area (Å²) in [4.78, 5) is 16.5. The fourth-order valence-electron chi connectivity index (χ4n) is 3.41. The third-order valence-corrected chi connectivity index (χ3v) is 4.87. The predicted molar refractivity (Wildman–Crippen MR) is 95.9 cm³/mol. The highest BCUT2D eigenvalue weighted by molar-refractivity contribution is 5.97. The molecule has 1 aliphatic carbocycles. The maximum atomic E-state index is 13.9. The average Bonchev–Trinajstić information content (AvgIpc) is 2.66. The number of amides is 1. The van der Waals surface area contributed by atoms with Crippen molar-refractivity contribution in [3.8, 4) is 5.75 Å². The summed E-state index contributed by atoms with van der Waals surface area (Å²) in [5.74, 6) is -2.10. The van der Waals surface area contributed by atoms with E-state index in [9.17, 15) is 31.1 Å². The van der Waals surface area contributed by atoms with Crippen LogP contribution in [0.4, 0.5) is 26.3 Å². The van der Waals surface area contributed by atoms with Crippen LogP contribution in [0.3, 0.4) is 0 Å². The van der Waals surface area contributed by atoms with Crippen molar-refractivity contribution in [2.75, 3.05) is 6.54 Å². The van der Waals surface area contributed by atoms with Gasteiger partial charge in [0.05, 0.1) is 17.6 Å². The molecule has 0 unspecified atom stereocenters. The lowest BCUT2D eigenvalue weighted by atomic mass is 9.91. The average molecular weight is 435 g/mol. The van der Waals surface area contributed by atoms with Gasteiger partial charge < -0.3 is 15.4 Å². The van der Waals surface area contributed by atoms with E-state index in [0.29, 0.717) is 25.7 Å². The minimum Gasteiger partial charge on any atom is -0.432 e. The van der Waals surface area contributed by atoms with Gasteiger partial charge in [0.1, 0.15) is 0 Å². The molecule has 1 heterocycles. The molecule has 164 valence electrons. The number of alkyl halides is 5. The van der Waals surface area contributed by atoms with Gasteiger partial charge in [0, 0.05) is 29.7 Å². The molecule has 5 nitrogen and oxygen atoms in total. The Morgan fingerprint density at radius 3 is 2.43 bits per heavy atom. The topological polar surface area (TPSA) is 63.2 Å². The van der Waals surface area contributed by atoms with Gasteiger partial charge >= 0.3 is 12.8 Å². The van der Waals surface area contributed by atoms with Crippen molar-refractivity contribution in [1.29, 1.82) is 0 Å². The molecule has 11 heteroatoms. The lowest BCUT2D eigenvalue weighted by Gasteiger charge is -2.30. The molecule has 2 aromatic rings. The third kappa shape index (κ3) is 5.97. The highest BCUT2D eigenvalue weighted by Gasteiger charge is 2.30. The molecular weight excluding hydrogens is 416 g/mol. The molecule has 1 saturated carbocycles. The molecule has 1 aromatic heterocycles. The smallest absolute Gasteiger partial charge is 0.401 e. The first kappa shape index (κ1) is 22.1. The van der Waals surface area contributed by atoms with E-state index in [2.05, 4.69) is 20.4 Å². The van der Waals surface area contributed by atoms with Crippen molar-refractivity contribution in [3.63, 3.8) is 0 Å². The zero-order chi connectivity index (χ0) is 21.9. The SMILES string of the molecule is O=C(NC1CCC(NCC(F)(F)F)CC1)c1cnc2cc(OC(F)F)c(F)cc2c1. The number of carbonyl (C=O) groups excluding carboxylic acids is 1. The summed E-state index contributed by atoms with van der Waals surface area (Å²) in [6.07, 6.45) is -1.00. The number of fused-ring (bicyclic) bond motifs is 1. The first-order valence-electron chi connectivity index (χ1n) is 9.26. The molecule has 30 heavy (non-hydrogen) atoms. The van der Waals surface area contributed by atoms with Crippen molar-refractivity contribution in [2.45, 2.75) is 50.6 Å². The molecular formula is C19H19F6N3O2.